The fraction of sp³-hybridized carbons (Fsp3) is 0.276. The highest BCUT2D eigenvalue weighted by Crippen LogP contribution is 2.55. The van der Waals surface area contributed by atoms with Gasteiger partial charge in [0.1, 0.15) is 29.5 Å². The van der Waals surface area contributed by atoms with Gasteiger partial charge in [0.25, 0.3) is 0 Å². The van der Waals surface area contributed by atoms with E-state index in [0.717, 1.165) is 47.5 Å². The van der Waals surface area contributed by atoms with Crippen LogP contribution in [0.3, 0.4) is 0 Å². The first-order valence-electron chi connectivity index (χ1n) is 12.3. The van der Waals surface area contributed by atoms with Crippen LogP contribution in [-0.4, -0.2) is 21.2 Å². The van der Waals surface area contributed by atoms with Gasteiger partial charge < -0.3 is 14.4 Å². The molecule has 37 heavy (non-hydrogen) atoms. The van der Waals surface area contributed by atoms with Crippen molar-refractivity contribution in [1.29, 1.82) is 0 Å². The summed E-state index contributed by atoms with van der Waals surface area (Å²) in [6.07, 6.45) is 4.84. The molecule has 2 aliphatic rings. The summed E-state index contributed by atoms with van der Waals surface area (Å²) in [7, 11) is 0. The summed E-state index contributed by atoms with van der Waals surface area (Å²) in [6, 6.07) is 15.0. The van der Waals surface area contributed by atoms with Crippen molar-refractivity contribution in [2.75, 3.05) is 0 Å². The Kier molecular flexibility index (Phi) is 6.17. The molecular weight excluding hydrogens is 511 g/mol. The van der Waals surface area contributed by atoms with E-state index >= 15 is 0 Å². The minimum Gasteiger partial charge on any atom is -0.489 e. The van der Waals surface area contributed by atoms with Gasteiger partial charge in [0.05, 0.1) is 15.6 Å². The molecule has 0 aliphatic heterocycles. The number of benzene rings is 2. The van der Waals surface area contributed by atoms with Gasteiger partial charge in [-0.1, -0.05) is 46.6 Å². The lowest BCUT2D eigenvalue weighted by atomic mass is 10.0. The molecule has 0 spiro atoms. The van der Waals surface area contributed by atoms with E-state index in [1.54, 1.807) is 24.4 Å². The standard InChI is InChI=1S/C29H24Cl2N2O4/c1-15-11-18(8-9-19(15)21-12-20(21)17-7-10-25(29(34)35)32-13-17)36-14-22-27(33-37-28(22)16-5-6-16)26-23(30)3-2-4-24(26)31/h2-4,7-11,13,16,20-21H,5-6,12,14H2,1H3,(H,34,35). The topological polar surface area (TPSA) is 85.5 Å². The molecule has 6 nitrogen and oxygen atoms in total. The maximum absolute atomic E-state index is 11.1. The molecule has 2 aromatic heterocycles. The molecule has 2 aromatic carbocycles. The zero-order valence-corrected chi connectivity index (χ0v) is 21.6. The Balaban J connectivity index is 1.19. The van der Waals surface area contributed by atoms with E-state index in [1.807, 2.05) is 18.2 Å². The van der Waals surface area contributed by atoms with E-state index in [4.69, 9.17) is 37.6 Å². The molecule has 2 fully saturated rings. The molecule has 6 rings (SSSR count). The molecule has 2 unspecified atom stereocenters. The first-order chi connectivity index (χ1) is 17.9. The largest absolute Gasteiger partial charge is 0.489 e. The van der Waals surface area contributed by atoms with Crippen molar-refractivity contribution < 1.29 is 19.2 Å². The number of halogens is 2. The third kappa shape index (κ3) is 4.72. The minimum absolute atomic E-state index is 0.0660. The van der Waals surface area contributed by atoms with Gasteiger partial charge in [0.15, 0.2) is 0 Å². The van der Waals surface area contributed by atoms with Crippen molar-refractivity contribution in [3.63, 3.8) is 0 Å². The van der Waals surface area contributed by atoms with Gasteiger partial charge >= 0.3 is 5.97 Å². The summed E-state index contributed by atoms with van der Waals surface area (Å²) in [5.74, 6) is 1.70. The second-order valence-electron chi connectivity index (χ2n) is 9.78. The number of aromatic carboxylic acids is 1. The lowest BCUT2D eigenvalue weighted by molar-refractivity contribution is 0.0690. The molecule has 0 radical (unpaired) electrons. The highest BCUT2D eigenvalue weighted by molar-refractivity contribution is 6.39. The van der Waals surface area contributed by atoms with Crippen LogP contribution < -0.4 is 4.74 Å². The number of rotatable bonds is 8. The Morgan fingerprint density at radius 3 is 2.54 bits per heavy atom. The van der Waals surface area contributed by atoms with Crippen LogP contribution in [-0.2, 0) is 6.61 Å². The predicted molar refractivity (Wildman–Crippen MR) is 141 cm³/mol. The number of aryl methyl sites for hydroxylation is 1. The highest BCUT2D eigenvalue weighted by Gasteiger charge is 2.40. The van der Waals surface area contributed by atoms with Crippen LogP contribution in [0.4, 0.5) is 0 Å². The smallest absolute Gasteiger partial charge is 0.354 e. The van der Waals surface area contributed by atoms with Crippen LogP contribution >= 0.6 is 23.2 Å². The predicted octanol–water partition coefficient (Wildman–Crippen LogP) is 7.78. The van der Waals surface area contributed by atoms with Crippen molar-refractivity contribution in [1.82, 2.24) is 10.1 Å². The van der Waals surface area contributed by atoms with E-state index in [-0.39, 0.29) is 5.69 Å². The van der Waals surface area contributed by atoms with E-state index in [2.05, 4.69) is 29.2 Å². The summed E-state index contributed by atoms with van der Waals surface area (Å²) in [5, 5.41) is 14.5. The molecule has 2 atom stereocenters. The number of hydrogen-bond donors (Lipinski definition) is 1. The molecule has 4 aromatic rings. The monoisotopic (exact) mass is 534 g/mol. The fourth-order valence-electron chi connectivity index (χ4n) is 5.02. The Hall–Kier alpha value is -3.35. The number of pyridine rings is 1. The van der Waals surface area contributed by atoms with Gasteiger partial charge in [-0.3, -0.25) is 0 Å². The normalized spacial score (nSPS) is 18.6. The van der Waals surface area contributed by atoms with Crippen molar-refractivity contribution in [2.45, 2.75) is 50.5 Å². The Morgan fingerprint density at radius 1 is 1.11 bits per heavy atom. The van der Waals surface area contributed by atoms with Gasteiger partial charge in [-0.15, -0.1) is 0 Å². The van der Waals surface area contributed by atoms with Gasteiger partial charge in [-0.25, -0.2) is 9.78 Å². The summed E-state index contributed by atoms with van der Waals surface area (Å²) in [6.45, 7) is 2.39. The summed E-state index contributed by atoms with van der Waals surface area (Å²) in [5.41, 5.74) is 5.75. The van der Waals surface area contributed by atoms with Gasteiger partial charge in [0.2, 0.25) is 0 Å². The number of ether oxygens (including phenoxy) is 1. The maximum atomic E-state index is 11.1. The molecule has 8 heteroatoms. The first-order valence-corrected chi connectivity index (χ1v) is 13.0. The van der Waals surface area contributed by atoms with Gasteiger partial charge in [0, 0.05) is 17.7 Å². The average Bonchev–Trinajstić information content (AvgIpc) is 3.81. The Labute approximate surface area is 224 Å². The summed E-state index contributed by atoms with van der Waals surface area (Å²) in [4.78, 5) is 15.1. The molecular formula is C29H24Cl2N2O4. The van der Waals surface area contributed by atoms with Crippen LogP contribution in [0.2, 0.25) is 10.0 Å². The van der Waals surface area contributed by atoms with Crippen molar-refractivity contribution in [2.24, 2.45) is 0 Å². The van der Waals surface area contributed by atoms with Crippen molar-refractivity contribution >= 4 is 29.2 Å². The second kappa shape index (κ2) is 9.51. The lowest BCUT2D eigenvalue weighted by Crippen LogP contribution is -2.01. The number of carboxylic acids is 1. The Morgan fingerprint density at radius 2 is 1.89 bits per heavy atom. The Bertz CT molecular complexity index is 1470. The van der Waals surface area contributed by atoms with E-state index in [0.29, 0.717) is 45.7 Å². The minimum atomic E-state index is -1.01. The van der Waals surface area contributed by atoms with Crippen LogP contribution in [0.15, 0.2) is 59.3 Å². The number of carbonyl (C=O) groups is 1. The number of carboxylic acid groups (broad SMARTS) is 1. The van der Waals surface area contributed by atoms with E-state index < -0.39 is 5.97 Å². The molecule has 188 valence electrons. The van der Waals surface area contributed by atoms with Crippen molar-refractivity contribution in [3.05, 3.63) is 98.5 Å². The molecule has 2 aliphatic carbocycles. The number of aromatic nitrogens is 2. The first kappa shape index (κ1) is 24.0. The zero-order chi connectivity index (χ0) is 25.7. The zero-order valence-electron chi connectivity index (χ0n) is 20.1. The third-order valence-electron chi connectivity index (χ3n) is 7.21. The van der Waals surface area contributed by atoms with Crippen molar-refractivity contribution in [3.8, 4) is 17.0 Å². The lowest BCUT2D eigenvalue weighted by Gasteiger charge is -2.12. The quantitative estimate of drug-likeness (QED) is 0.248. The van der Waals surface area contributed by atoms with E-state index in [1.165, 1.54) is 5.56 Å². The second-order valence-corrected chi connectivity index (χ2v) is 10.6. The highest BCUT2D eigenvalue weighted by atomic mass is 35.5. The average molecular weight is 535 g/mol. The molecule has 0 bridgehead atoms. The summed E-state index contributed by atoms with van der Waals surface area (Å²) < 4.78 is 12.0. The molecule has 2 heterocycles. The SMILES string of the molecule is Cc1cc(OCc2c(-c3c(Cl)cccc3Cl)noc2C2CC2)ccc1C1CC1c1ccc(C(=O)O)nc1. The van der Waals surface area contributed by atoms with Gasteiger partial charge in [-0.2, -0.15) is 0 Å². The number of nitrogens with zero attached hydrogens (tertiary/aromatic N) is 2. The molecule has 1 N–H and O–H groups in total. The van der Waals surface area contributed by atoms with Gasteiger partial charge in [-0.05, 0) is 85.0 Å². The van der Waals surface area contributed by atoms with Crippen LogP contribution in [0.5, 0.6) is 5.75 Å². The van der Waals surface area contributed by atoms with Crippen LogP contribution in [0.1, 0.15) is 75.5 Å². The molecule has 2 saturated carbocycles. The van der Waals surface area contributed by atoms with Crippen LogP contribution in [0, 0.1) is 6.92 Å². The molecule has 0 saturated heterocycles. The van der Waals surface area contributed by atoms with Crippen LogP contribution in [0.25, 0.3) is 11.3 Å². The summed E-state index contributed by atoms with van der Waals surface area (Å²) >= 11 is 12.9. The fourth-order valence-corrected chi connectivity index (χ4v) is 5.59. The maximum Gasteiger partial charge on any atom is 0.354 e. The number of hydrogen-bond acceptors (Lipinski definition) is 5. The molecule has 0 amide bonds. The third-order valence-corrected chi connectivity index (χ3v) is 7.84. The van der Waals surface area contributed by atoms with E-state index in [9.17, 15) is 4.79 Å².